The second kappa shape index (κ2) is 8.23. The first-order valence-corrected chi connectivity index (χ1v) is 9.09. The largest absolute Gasteiger partial charge is 0.339 e. The molecular formula is C19H25N5O2. The Labute approximate surface area is 153 Å². The Morgan fingerprint density at radius 3 is 2.69 bits per heavy atom. The number of hydrogen-bond donors (Lipinski definition) is 2. The van der Waals surface area contributed by atoms with E-state index in [0.29, 0.717) is 17.9 Å². The molecule has 3 rings (SSSR count). The zero-order valence-electron chi connectivity index (χ0n) is 15.2. The van der Waals surface area contributed by atoms with Crippen molar-refractivity contribution in [2.24, 2.45) is 5.92 Å². The molecule has 1 aliphatic heterocycles. The van der Waals surface area contributed by atoms with Gasteiger partial charge in [0.1, 0.15) is 5.82 Å². The number of hydrogen-bond acceptors (Lipinski definition) is 5. The van der Waals surface area contributed by atoms with Crippen LogP contribution in [0.25, 0.3) is 0 Å². The smallest absolute Gasteiger partial charge is 0.292 e. The predicted octanol–water partition coefficient (Wildman–Crippen LogP) is 1.51. The summed E-state index contributed by atoms with van der Waals surface area (Å²) in [4.78, 5) is 25.0. The van der Waals surface area contributed by atoms with Crippen molar-refractivity contribution in [3.05, 3.63) is 47.5 Å². The first-order chi connectivity index (χ1) is 12.6. The third-order valence-electron chi connectivity index (χ3n) is 4.46. The van der Waals surface area contributed by atoms with E-state index in [0.717, 1.165) is 37.7 Å². The number of benzene rings is 1. The van der Waals surface area contributed by atoms with Crippen molar-refractivity contribution in [1.82, 2.24) is 25.4 Å². The highest BCUT2D eigenvalue weighted by Gasteiger charge is 2.27. The molecule has 26 heavy (non-hydrogen) atoms. The molecule has 1 atom stereocenters. The molecule has 0 aliphatic carbocycles. The van der Waals surface area contributed by atoms with Crippen LogP contribution in [0.1, 0.15) is 48.3 Å². The zero-order chi connectivity index (χ0) is 18.5. The highest BCUT2D eigenvalue weighted by molar-refractivity contribution is 6.42. The van der Waals surface area contributed by atoms with Gasteiger partial charge >= 0.3 is 0 Å². The van der Waals surface area contributed by atoms with E-state index in [2.05, 4.69) is 39.2 Å². The molecule has 7 heteroatoms. The SMILES string of the molecule is CC(C)C[C@@H](NC(=O)C(=O)c1ccccc1)c1nnc2n1CCNCC2. The van der Waals surface area contributed by atoms with E-state index in [1.807, 2.05) is 6.07 Å². The lowest BCUT2D eigenvalue weighted by molar-refractivity contribution is -0.117. The summed E-state index contributed by atoms with van der Waals surface area (Å²) < 4.78 is 2.07. The van der Waals surface area contributed by atoms with Gasteiger partial charge in [0.05, 0.1) is 6.04 Å². The van der Waals surface area contributed by atoms with E-state index >= 15 is 0 Å². The molecule has 1 amide bonds. The van der Waals surface area contributed by atoms with Crippen LogP contribution in [0.15, 0.2) is 30.3 Å². The number of rotatable bonds is 6. The number of amides is 1. The minimum atomic E-state index is -0.606. The molecule has 2 N–H and O–H groups in total. The summed E-state index contributed by atoms with van der Waals surface area (Å²) in [5, 5.41) is 14.9. The van der Waals surface area contributed by atoms with Crippen molar-refractivity contribution >= 4 is 11.7 Å². The molecule has 0 saturated heterocycles. The molecule has 138 valence electrons. The summed E-state index contributed by atoms with van der Waals surface area (Å²) in [6.45, 7) is 6.63. The molecule has 0 unspecified atom stereocenters. The van der Waals surface area contributed by atoms with Crippen LogP contribution in [0.2, 0.25) is 0 Å². The minimum Gasteiger partial charge on any atom is -0.339 e. The fourth-order valence-corrected chi connectivity index (χ4v) is 3.20. The molecule has 1 aliphatic rings. The van der Waals surface area contributed by atoms with Gasteiger partial charge in [0.25, 0.3) is 5.91 Å². The summed E-state index contributed by atoms with van der Waals surface area (Å²) in [5.74, 6) is 0.848. The molecule has 0 saturated carbocycles. The third kappa shape index (κ3) is 4.16. The van der Waals surface area contributed by atoms with E-state index in [-0.39, 0.29) is 6.04 Å². The van der Waals surface area contributed by atoms with Crippen molar-refractivity contribution < 1.29 is 9.59 Å². The number of carbonyl (C=O) groups excluding carboxylic acids is 2. The Morgan fingerprint density at radius 2 is 1.96 bits per heavy atom. The number of nitrogens with zero attached hydrogens (tertiary/aromatic N) is 3. The quantitative estimate of drug-likeness (QED) is 0.606. The molecule has 2 heterocycles. The molecule has 0 bridgehead atoms. The van der Waals surface area contributed by atoms with Crippen LogP contribution < -0.4 is 10.6 Å². The Hall–Kier alpha value is -2.54. The number of fused-ring (bicyclic) bond motifs is 1. The van der Waals surface area contributed by atoms with Gasteiger partial charge < -0.3 is 15.2 Å². The standard InChI is InChI=1S/C19H25N5O2/c1-13(2)12-15(18-23-22-16-8-9-20-10-11-24(16)18)21-19(26)17(25)14-6-4-3-5-7-14/h3-7,13,15,20H,8-12H2,1-2H3,(H,21,26)/t15-/m1/s1. The lowest BCUT2D eigenvalue weighted by atomic mass is 10.0. The molecule has 0 spiro atoms. The van der Waals surface area contributed by atoms with E-state index in [4.69, 9.17) is 0 Å². The van der Waals surface area contributed by atoms with Gasteiger partial charge in [-0.25, -0.2) is 0 Å². The molecular weight excluding hydrogens is 330 g/mol. The second-order valence-corrected chi connectivity index (χ2v) is 6.98. The maximum atomic E-state index is 12.5. The molecule has 7 nitrogen and oxygen atoms in total. The van der Waals surface area contributed by atoms with Gasteiger partial charge in [-0.2, -0.15) is 0 Å². The van der Waals surface area contributed by atoms with Crippen molar-refractivity contribution in [2.45, 2.75) is 39.3 Å². The molecule has 0 radical (unpaired) electrons. The Bertz CT molecular complexity index is 769. The van der Waals surface area contributed by atoms with E-state index < -0.39 is 11.7 Å². The average Bonchev–Trinajstić information content (AvgIpc) is 2.89. The van der Waals surface area contributed by atoms with E-state index in [9.17, 15) is 9.59 Å². The van der Waals surface area contributed by atoms with Crippen LogP contribution in [0.4, 0.5) is 0 Å². The Morgan fingerprint density at radius 1 is 1.19 bits per heavy atom. The summed E-state index contributed by atoms with van der Waals surface area (Å²) in [6.07, 6.45) is 1.50. The highest BCUT2D eigenvalue weighted by Crippen LogP contribution is 2.21. The van der Waals surface area contributed by atoms with Crippen molar-refractivity contribution in [1.29, 1.82) is 0 Å². The Kier molecular flexibility index (Phi) is 5.78. The fraction of sp³-hybridized carbons (Fsp3) is 0.474. The van der Waals surface area contributed by atoms with Gasteiger partial charge in [0, 0.05) is 31.6 Å². The van der Waals surface area contributed by atoms with Crippen LogP contribution in [-0.2, 0) is 17.8 Å². The number of Topliss-reactive ketones (excluding diaryl/α,β-unsaturated/α-hetero) is 1. The van der Waals surface area contributed by atoms with Gasteiger partial charge in [-0.05, 0) is 12.3 Å². The maximum Gasteiger partial charge on any atom is 0.292 e. The number of ketones is 1. The summed E-state index contributed by atoms with van der Waals surface area (Å²) >= 11 is 0. The van der Waals surface area contributed by atoms with Gasteiger partial charge in [-0.3, -0.25) is 9.59 Å². The van der Waals surface area contributed by atoms with Crippen LogP contribution in [0.5, 0.6) is 0 Å². The first-order valence-electron chi connectivity index (χ1n) is 9.09. The van der Waals surface area contributed by atoms with Crippen molar-refractivity contribution in [2.75, 3.05) is 13.1 Å². The predicted molar refractivity (Wildman–Crippen MR) is 97.7 cm³/mol. The van der Waals surface area contributed by atoms with Crippen LogP contribution in [0, 0.1) is 5.92 Å². The Balaban J connectivity index is 1.82. The highest BCUT2D eigenvalue weighted by atomic mass is 16.2. The first kappa shape index (κ1) is 18.3. The van der Waals surface area contributed by atoms with E-state index in [1.165, 1.54) is 0 Å². The lowest BCUT2D eigenvalue weighted by Crippen LogP contribution is -2.36. The lowest BCUT2D eigenvalue weighted by Gasteiger charge is -2.20. The number of carbonyl (C=O) groups is 2. The maximum absolute atomic E-state index is 12.5. The normalized spacial score (nSPS) is 15.2. The summed E-state index contributed by atoms with van der Waals surface area (Å²) in [5.41, 5.74) is 0.387. The second-order valence-electron chi connectivity index (χ2n) is 6.98. The number of nitrogens with one attached hydrogen (secondary N) is 2. The van der Waals surface area contributed by atoms with Gasteiger partial charge in [-0.1, -0.05) is 44.2 Å². The molecule has 2 aromatic rings. The van der Waals surface area contributed by atoms with Crippen molar-refractivity contribution in [3.63, 3.8) is 0 Å². The average molecular weight is 355 g/mol. The minimum absolute atomic E-state index is 0.337. The zero-order valence-corrected chi connectivity index (χ0v) is 15.2. The van der Waals surface area contributed by atoms with Crippen LogP contribution >= 0.6 is 0 Å². The molecule has 1 aromatic carbocycles. The summed E-state index contributed by atoms with van der Waals surface area (Å²) in [7, 11) is 0. The van der Waals surface area contributed by atoms with Crippen LogP contribution in [0.3, 0.4) is 0 Å². The van der Waals surface area contributed by atoms with Gasteiger partial charge in [0.15, 0.2) is 5.82 Å². The monoisotopic (exact) mass is 355 g/mol. The van der Waals surface area contributed by atoms with E-state index in [1.54, 1.807) is 24.3 Å². The van der Waals surface area contributed by atoms with Crippen LogP contribution in [-0.4, -0.2) is 39.5 Å². The topological polar surface area (TPSA) is 88.9 Å². The fourth-order valence-electron chi connectivity index (χ4n) is 3.20. The molecule has 1 aromatic heterocycles. The number of aromatic nitrogens is 3. The third-order valence-corrected chi connectivity index (χ3v) is 4.46. The van der Waals surface area contributed by atoms with Gasteiger partial charge in [-0.15, -0.1) is 10.2 Å². The van der Waals surface area contributed by atoms with Crippen molar-refractivity contribution in [3.8, 4) is 0 Å². The molecule has 0 fully saturated rings. The van der Waals surface area contributed by atoms with Gasteiger partial charge in [0.2, 0.25) is 5.78 Å². The summed E-state index contributed by atoms with van der Waals surface area (Å²) in [6, 6.07) is 8.27.